The largest absolute Gasteiger partial charge is 0.256 e. The lowest BCUT2D eigenvalue weighted by molar-refractivity contribution is 0.591. The Balaban J connectivity index is 1.42. The zero-order chi connectivity index (χ0) is 29.1. The number of benzene rings is 5. The van der Waals surface area contributed by atoms with E-state index in [1.165, 1.54) is 36.9 Å². The average molecular weight is 536 g/mol. The first-order valence-electron chi connectivity index (χ1n) is 14.7. The highest BCUT2D eigenvalue weighted by Gasteiger charge is 2.19. The van der Waals surface area contributed by atoms with Crippen molar-refractivity contribution < 1.29 is 2.74 Å². The van der Waals surface area contributed by atoms with Crippen molar-refractivity contribution in [1.29, 1.82) is 0 Å². The van der Waals surface area contributed by atoms with E-state index >= 15 is 0 Å². The van der Waals surface area contributed by atoms with Crippen LogP contribution < -0.4 is 0 Å². The van der Waals surface area contributed by atoms with Gasteiger partial charge in [-0.05, 0) is 68.6 Å². The number of pyridine rings is 1. The molecule has 0 amide bonds. The lowest BCUT2D eigenvalue weighted by atomic mass is 9.86. The van der Waals surface area contributed by atoms with Crippen LogP contribution in [0.4, 0.5) is 0 Å². The van der Waals surface area contributed by atoms with E-state index < -0.39 is 6.37 Å². The molecule has 0 aliphatic rings. The summed E-state index contributed by atoms with van der Waals surface area (Å²) in [5.74, 6) is 0. The molecule has 0 N–H and O–H groups in total. The first-order valence-corrected chi connectivity index (χ1v) is 14.5. The van der Waals surface area contributed by atoms with Gasteiger partial charge in [0.25, 0.3) is 0 Å². The maximum atomic E-state index is 9.16. The number of thiophene rings is 1. The van der Waals surface area contributed by atoms with Gasteiger partial charge in [-0.3, -0.25) is 4.98 Å². The van der Waals surface area contributed by atoms with Crippen molar-refractivity contribution in [1.82, 2.24) is 4.98 Å². The van der Waals surface area contributed by atoms with Gasteiger partial charge in [0.1, 0.15) is 0 Å². The van der Waals surface area contributed by atoms with Crippen LogP contribution in [0.25, 0.3) is 53.3 Å². The molecule has 5 aromatic carbocycles. The van der Waals surface area contributed by atoms with E-state index in [0.29, 0.717) is 11.1 Å². The van der Waals surface area contributed by atoms with Crippen molar-refractivity contribution in [3.63, 3.8) is 0 Å². The summed E-state index contributed by atoms with van der Waals surface area (Å²) in [6.07, 6.45) is 0.0676. The zero-order valence-corrected chi connectivity index (χ0v) is 23.7. The molecule has 0 saturated heterocycles. The van der Waals surface area contributed by atoms with Gasteiger partial charge >= 0.3 is 0 Å². The SMILES string of the molecule is [2H]C([2H])(c1ccnc(-c2ccc(-c3ccccc3)c3c2sc2cc(C(C)(C)C)ccc23)c1)c1ccc2ccccc2c1. The Bertz CT molecular complexity index is 2100. The van der Waals surface area contributed by atoms with E-state index in [1.54, 1.807) is 23.6 Å². The Morgan fingerprint density at radius 1 is 0.700 bits per heavy atom. The maximum absolute atomic E-state index is 9.16. The third-order valence-electron chi connectivity index (χ3n) is 7.65. The Kier molecular flexibility index (Phi) is 5.48. The van der Waals surface area contributed by atoms with Crippen LogP contribution in [0.15, 0.2) is 121 Å². The fourth-order valence-corrected chi connectivity index (χ4v) is 6.79. The number of hydrogen-bond donors (Lipinski definition) is 0. The molecule has 2 heterocycles. The van der Waals surface area contributed by atoms with Gasteiger partial charge in [0.15, 0.2) is 0 Å². The van der Waals surface area contributed by atoms with Gasteiger partial charge in [-0.1, -0.05) is 118 Å². The van der Waals surface area contributed by atoms with Crippen LogP contribution in [-0.2, 0) is 11.8 Å². The fourth-order valence-electron chi connectivity index (χ4n) is 5.50. The van der Waals surface area contributed by atoms with Gasteiger partial charge < -0.3 is 0 Å². The minimum atomic E-state index is -1.67. The lowest BCUT2D eigenvalue weighted by Gasteiger charge is -2.18. The van der Waals surface area contributed by atoms with Crippen LogP contribution in [0.5, 0.6) is 0 Å². The summed E-state index contributed by atoms with van der Waals surface area (Å²) >= 11 is 1.80. The van der Waals surface area contributed by atoms with Crippen molar-refractivity contribution in [3.05, 3.63) is 138 Å². The summed E-state index contributed by atoms with van der Waals surface area (Å²) in [6.45, 7) is 6.75. The predicted molar refractivity (Wildman–Crippen MR) is 173 cm³/mol. The lowest BCUT2D eigenvalue weighted by Crippen LogP contribution is -2.10. The van der Waals surface area contributed by atoms with Gasteiger partial charge in [0.05, 0.1) is 5.69 Å². The number of rotatable bonds is 4. The van der Waals surface area contributed by atoms with E-state index in [9.17, 15) is 0 Å². The summed E-state index contributed by atoms with van der Waals surface area (Å²) in [5, 5.41) is 4.61. The number of fused-ring (bicyclic) bond motifs is 4. The molecule has 0 spiro atoms. The molecule has 0 atom stereocenters. The molecule has 0 bridgehead atoms. The van der Waals surface area contributed by atoms with E-state index in [1.807, 2.05) is 42.5 Å². The summed E-state index contributed by atoms with van der Waals surface area (Å²) in [7, 11) is 0. The van der Waals surface area contributed by atoms with Crippen LogP contribution in [0, 0.1) is 0 Å². The summed E-state index contributed by atoms with van der Waals surface area (Å²) < 4.78 is 20.8. The van der Waals surface area contributed by atoms with Gasteiger partial charge in [0.2, 0.25) is 0 Å². The van der Waals surface area contributed by atoms with E-state index in [0.717, 1.165) is 22.0 Å². The molecule has 7 aromatic rings. The van der Waals surface area contributed by atoms with Gasteiger partial charge in [0, 0.05) is 34.7 Å². The normalized spacial score (nSPS) is 13.1. The van der Waals surface area contributed by atoms with Crippen LogP contribution in [0.1, 0.15) is 40.2 Å². The second-order valence-electron chi connectivity index (χ2n) is 11.4. The van der Waals surface area contributed by atoms with Gasteiger partial charge in [-0.25, -0.2) is 0 Å². The van der Waals surface area contributed by atoms with Crippen LogP contribution in [0.3, 0.4) is 0 Å². The monoisotopic (exact) mass is 535 g/mol. The minimum absolute atomic E-state index is 0.0552. The smallest absolute Gasteiger partial charge is 0.0719 e. The third-order valence-corrected chi connectivity index (χ3v) is 8.83. The molecule has 40 heavy (non-hydrogen) atoms. The third kappa shape index (κ3) is 4.49. The highest BCUT2D eigenvalue weighted by molar-refractivity contribution is 7.26. The van der Waals surface area contributed by atoms with Gasteiger partial charge in [-0.2, -0.15) is 0 Å². The van der Waals surface area contributed by atoms with Crippen molar-refractivity contribution in [2.24, 2.45) is 0 Å². The Morgan fingerprint density at radius 2 is 1.45 bits per heavy atom. The molecule has 7 rings (SSSR count). The Hall–Kier alpha value is -4.27. The minimum Gasteiger partial charge on any atom is -0.256 e. The quantitative estimate of drug-likeness (QED) is 0.218. The van der Waals surface area contributed by atoms with Crippen LogP contribution in [-0.4, -0.2) is 4.98 Å². The Labute approximate surface area is 242 Å². The highest BCUT2D eigenvalue weighted by Crippen LogP contribution is 2.45. The second kappa shape index (κ2) is 9.73. The topological polar surface area (TPSA) is 12.9 Å². The maximum Gasteiger partial charge on any atom is 0.0719 e. The molecule has 0 fully saturated rings. The first-order chi connectivity index (χ1) is 20.2. The van der Waals surface area contributed by atoms with Crippen LogP contribution >= 0.6 is 11.3 Å². The molecule has 0 aliphatic heterocycles. The van der Waals surface area contributed by atoms with Crippen molar-refractivity contribution in [2.45, 2.75) is 32.6 Å². The molecular weight excluding hydrogens is 502 g/mol. The van der Waals surface area contributed by atoms with E-state index in [-0.39, 0.29) is 5.41 Å². The van der Waals surface area contributed by atoms with E-state index in [4.69, 9.17) is 7.73 Å². The highest BCUT2D eigenvalue weighted by atomic mass is 32.1. The average Bonchev–Trinajstić information content (AvgIpc) is 3.39. The molecule has 0 saturated carbocycles. The molecule has 194 valence electrons. The first kappa shape index (κ1) is 22.5. The Morgan fingerprint density at radius 3 is 2.27 bits per heavy atom. The molecule has 0 aliphatic carbocycles. The molecule has 0 unspecified atom stereocenters. The summed E-state index contributed by atoms with van der Waals surface area (Å²) in [5.41, 5.74) is 6.80. The predicted octanol–water partition coefficient (Wildman–Crippen LogP) is 10.8. The van der Waals surface area contributed by atoms with E-state index in [2.05, 4.69) is 87.5 Å². The molecule has 2 aromatic heterocycles. The van der Waals surface area contributed by atoms with Crippen molar-refractivity contribution in [2.75, 3.05) is 0 Å². The summed E-state index contributed by atoms with van der Waals surface area (Å²) in [4.78, 5) is 4.79. The molecule has 0 radical (unpaired) electrons. The molecule has 2 heteroatoms. The van der Waals surface area contributed by atoms with Crippen molar-refractivity contribution >= 4 is 42.3 Å². The summed E-state index contributed by atoms with van der Waals surface area (Å²) in [6, 6.07) is 39.4. The second-order valence-corrected chi connectivity index (χ2v) is 12.5. The fraction of sp³-hybridized carbons (Fsp3) is 0.132. The number of nitrogens with zero attached hydrogens (tertiary/aromatic N) is 1. The molecular formula is C38H31NS. The zero-order valence-electron chi connectivity index (χ0n) is 24.9. The molecule has 1 nitrogen and oxygen atoms in total. The number of hydrogen-bond acceptors (Lipinski definition) is 2. The van der Waals surface area contributed by atoms with Gasteiger partial charge in [-0.15, -0.1) is 11.3 Å². The standard InChI is InChI=1S/C38H31NS/c1-38(2,3)30-15-16-33-35(24-30)40-37-32(18-17-31(36(33)37)28-10-5-4-6-11-28)34-23-26(19-20-39-34)21-25-13-14-27-9-7-8-12-29(27)22-25/h4-20,22-24H,21H2,1-3H3/i21D2. The van der Waals surface area contributed by atoms with Crippen molar-refractivity contribution in [3.8, 4) is 22.4 Å². The van der Waals surface area contributed by atoms with Crippen LogP contribution in [0.2, 0.25) is 0 Å². The number of aromatic nitrogens is 1.